The summed E-state index contributed by atoms with van der Waals surface area (Å²) in [5.74, 6) is -0.486. The first-order chi connectivity index (χ1) is 17.4. The standard InChI is InChI=1S/C29H33FN2O4/c1-22(2)35-19-9-18-31-29(34)28(24-10-5-3-6-11-24)32(20-23-14-16-25(30)17-15-23)27(33)21-36-26-12-7-4-8-13-26/h3-8,10-17,22,28H,9,18-21H2,1-2H3,(H,31,34). The van der Waals surface area contributed by atoms with Gasteiger partial charge in [-0.1, -0.05) is 60.7 Å². The Hall–Kier alpha value is -3.71. The van der Waals surface area contributed by atoms with E-state index in [1.807, 2.05) is 62.4 Å². The summed E-state index contributed by atoms with van der Waals surface area (Å²) >= 11 is 0. The van der Waals surface area contributed by atoms with Crippen molar-refractivity contribution in [3.8, 4) is 5.75 Å². The van der Waals surface area contributed by atoms with Gasteiger partial charge >= 0.3 is 0 Å². The van der Waals surface area contributed by atoms with Gasteiger partial charge in [-0.3, -0.25) is 9.59 Å². The lowest BCUT2D eigenvalue weighted by molar-refractivity contribution is -0.143. The SMILES string of the molecule is CC(C)OCCCNC(=O)C(c1ccccc1)N(Cc1ccc(F)cc1)C(=O)COc1ccccc1. The molecular weight excluding hydrogens is 459 g/mol. The van der Waals surface area contributed by atoms with E-state index in [9.17, 15) is 14.0 Å². The number of benzene rings is 3. The number of carbonyl (C=O) groups excluding carboxylic acids is 2. The third kappa shape index (κ3) is 8.50. The zero-order valence-corrected chi connectivity index (χ0v) is 20.7. The van der Waals surface area contributed by atoms with Gasteiger partial charge in [-0.25, -0.2) is 4.39 Å². The number of hydrogen-bond donors (Lipinski definition) is 1. The minimum Gasteiger partial charge on any atom is -0.484 e. The van der Waals surface area contributed by atoms with E-state index in [0.29, 0.717) is 36.4 Å². The van der Waals surface area contributed by atoms with E-state index < -0.39 is 6.04 Å². The highest BCUT2D eigenvalue weighted by molar-refractivity contribution is 5.89. The maximum Gasteiger partial charge on any atom is 0.261 e. The highest BCUT2D eigenvalue weighted by atomic mass is 19.1. The van der Waals surface area contributed by atoms with Crippen LogP contribution in [0.3, 0.4) is 0 Å². The number of ether oxygens (including phenoxy) is 2. The van der Waals surface area contributed by atoms with E-state index in [1.54, 1.807) is 24.3 Å². The molecule has 36 heavy (non-hydrogen) atoms. The van der Waals surface area contributed by atoms with E-state index >= 15 is 0 Å². The van der Waals surface area contributed by atoms with Crippen LogP contribution in [0.5, 0.6) is 5.75 Å². The Bertz CT molecular complexity index is 1080. The molecule has 0 saturated heterocycles. The van der Waals surface area contributed by atoms with Gasteiger partial charge < -0.3 is 19.7 Å². The first-order valence-corrected chi connectivity index (χ1v) is 12.1. The molecule has 1 atom stereocenters. The van der Waals surface area contributed by atoms with Gasteiger partial charge in [0.2, 0.25) is 5.91 Å². The summed E-state index contributed by atoms with van der Waals surface area (Å²) < 4.78 is 24.8. The van der Waals surface area contributed by atoms with Gasteiger partial charge in [0.05, 0.1) is 6.10 Å². The molecule has 1 unspecified atom stereocenters. The number of nitrogens with one attached hydrogen (secondary N) is 1. The molecule has 190 valence electrons. The zero-order chi connectivity index (χ0) is 25.8. The van der Waals surface area contributed by atoms with E-state index in [0.717, 1.165) is 0 Å². The Kier molecular flexibility index (Phi) is 10.5. The molecule has 1 N–H and O–H groups in total. The molecule has 0 saturated carbocycles. The van der Waals surface area contributed by atoms with Gasteiger partial charge in [0.1, 0.15) is 17.6 Å². The first-order valence-electron chi connectivity index (χ1n) is 12.1. The van der Waals surface area contributed by atoms with Crippen LogP contribution in [0.2, 0.25) is 0 Å². The van der Waals surface area contributed by atoms with Crippen molar-refractivity contribution in [2.75, 3.05) is 19.8 Å². The van der Waals surface area contributed by atoms with E-state index in [-0.39, 0.29) is 36.9 Å². The van der Waals surface area contributed by atoms with Crippen LogP contribution < -0.4 is 10.1 Å². The summed E-state index contributed by atoms with van der Waals surface area (Å²) in [7, 11) is 0. The second kappa shape index (κ2) is 14.0. The minimum absolute atomic E-state index is 0.112. The molecule has 3 aromatic carbocycles. The Morgan fingerprint density at radius 3 is 2.19 bits per heavy atom. The van der Waals surface area contributed by atoms with Crippen molar-refractivity contribution in [3.05, 3.63) is 102 Å². The molecule has 0 fully saturated rings. The summed E-state index contributed by atoms with van der Waals surface area (Å²) in [6.07, 6.45) is 0.764. The number of halogens is 1. The first kappa shape index (κ1) is 26.9. The third-order valence-corrected chi connectivity index (χ3v) is 5.44. The van der Waals surface area contributed by atoms with Crippen LogP contribution in [0.4, 0.5) is 4.39 Å². The van der Waals surface area contributed by atoms with Crippen LogP contribution in [0, 0.1) is 5.82 Å². The largest absolute Gasteiger partial charge is 0.484 e. The van der Waals surface area contributed by atoms with Crippen molar-refractivity contribution >= 4 is 11.8 Å². The summed E-state index contributed by atoms with van der Waals surface area (Å²) in [4.78, 5) is 28.4. The van der Waals surface area contributed by atoms with E-state index in [4.69, 9.17) is 9.47 Å². The maximum absolute atomic E-state index is 13.5. The fraction of sp³-hybridized carbons (Fsp3) is 0.310. The number of carbonyl (C=O) groups is 2. The van der Waals surface area contributed by atoms with Crippen LogP contribution >= 0.6 is 0 Å². The van der Waals surface area contributed by atoms with Crippen molar-refractivity contribution in [3.63, 3.8) is 0 Å². The van der Waals surface area contributed by atoms with Crippen molar-refractivity contribution in [2.45, 2.75) is 39.0 Å². The summed E-state index contributed by atoms with van der Waals surface area (Å²) in [5, 5.41) is 2.95. The Balaban J connectivity index is 1.83. The third-order valence-electron chi connectivity index (χ3n) is 5.44. The van der Waals surface area contributed by atoms with Crippen molar-refractivity contribution in [1.29, 1.82) is 0 Å². The van der Waals surface area contributed by atoms with E-state index in [1.165, 1.54) is 17.0 Å². The molecule has 0 bridgehead atoms. The second-order valence-corrected chi connectivity index (χ2v) is 8.63. The number of hydrogen-bond acceptors (Lipinski definition) is 4. The molecule has 0 aliphatic rings. The molecule has 3 aromatic rings. The molecule has 0 aliphatic heterocycles. The lowest BCUT2D eigenvalue weighted by atomic mass is 10.0. The summed E-state index contributed by atoms with van der Waals surface area (Å²) in [6.45, 7) is 4.72. The van der Waals surface area contributed by atoms with E-state index in [2.05, 4.69) is 5.32 Å². The van der Waals surface area contributed by atoms with Crippen LogP contribution in [0.1, 0.15) is 37.4 Å². The molecule has 2 amide bonds. The molecule has 0 radical (unpaired) electrons. The quantitative estimate of drug-likeness (QED) is 0.345. The highest BCUT2D eigenvalue weighted by Gasteiger charge is 2.31. The van der Waals surface area contributed by atoms with Gasteiger partial charge in [0.25, 0.3) is 5.91 Å². The Morgan fingerprint density at radius 1 is 0.917 bits per heavy atom. The molecule has 0 spiro atoms. The van der Waals surface area contributed by atoms with Crippen LogP contribution in [0.25, 0.3) is 0 Å². The molecule has 3 rings (SSSR count). The van der Waals surface area contributed by atoms with Gasteiger partial charge in [-0.05, 0) is 55.7 Å². The number of para-hydroxylation sites is 1. The molecule has 7 heteroatoms. The van der Waals surface area contributed by atoms with Crippen LogP contribution in [0.15, 0.2) is 84.9 Å². The average molecular weight is 493 g/mol. The fourth-order valence-corrected chi connectivity index (χ4v) is 3.66. The van der Waals surface area contributed by atoms with Gasteiger partial charge in [-0.15, -0.1) is 0 Å². The fourth-order valence-electron chi connectivity index (χ4n) is 3.66. The monoisotopic (exact) mass is 492 g/mol. The lowest BCUT2D eigenvalue weighted by Crippen LogP contribution is -2.45. The number of amides is 2. The van der Waals surface area contributed by atoms with Crippen molar-refractivity contribution < 1.29 is 23.5 Å². The number of rotatable bonds is 13. The predicted octanol–water partition coefficient (Wildman–Crippen LogP) is 4.91. The van der Waals surface area contributed by atoms with Gasteiger partial charge in [0.15, 0.2) is 6.61 Å². The van der Waals surface area contributed by atoms with Crippen molar-refractivity contribution in [2.24, 2.45) is 0 Å². The smallest absolute Gasteiger partial charge is 0.261 e. The molecular formula is C29H33FN2O4. The summed E-state index contributed by atoms with van der Waals surface area (Å²) in [6, 6.07) is 23.2. The molecule has 6 nitrogen and oxygen atoms in total. The molecule has 0 aliphatic carbocycles. The zero-order valence-electron chi connectivity index (χ0n) is 20.7. The normalized spacial score (nSPS) is 11.7. The van der Waals surface area contributed by atoms with Crippen molar-refractivity contribution in [1.82, 2.24) is 10.2 Å². The van der Waals surface area contributed by atoms with Crippen LogP contribution in [-0.4, -0.2) is 42.6 Å². The average Bonchev–Trinajstić information content (AvgIpc) is 2.89. The van der Waals surface area contributed by atoms with Crippen LogP contribution in [-0.2, 0) is 20.9 Å². The maximum atomic E-state index is 13.5. The highest BCUT2D eigenvalue weighted by Crippen LogP contribution is 2.24. The molecule has 0 aromatic heterocycles. The Morgan fingerprint density at radius 2 is 1.56 bits per heavy atom. The Labute approximate surface area is 212 Å². The summed E-state index contributed by atoms with van der Waals surface area (Å²) in [5.41, 5.74) is 1.37. The number of nitrogens with zero attached hydrogens (tertiary/aromatic N) is 1. The molecule has 0 heterocycles. The topological polar surface area (TPSA) is 67.9 Å². The van der Waals surface area contributed by atoms with Gasteiger partial charge in [0, 0.05) is 19.7 Å². The predicted molar refractivity (Wildman–Crippen MR) is 137 cm³/mol. The lowest BCUT2D eigenvalue weighted by Gasteiger charge is -2.31. The minimum atomic E-state index is -0.894. The second-order valence-electron chi connectivity index (χ2n) is 8.63. The van der Waals surface area contributed by atoms with Gasteiger partial charge in [-0.2, -0.15) is 0 Å².